The highest BCUT2D eigenvalue weighted by molar-refractivity contribution is 5.79. The molecule has 1 aliphatic heterocycles. The maximum atomic E-state index is 12.7. The van der Waals surface area contributed by atoms with Crippen molar-refractivity contribution in [3.8, 4) is 11.1 Å². The van der Waals surface area contributed by atoms with E-state index in [1.807, 2.05) is 24.3 Å². The summed E-state index contributed by atoms with van der Waals surface area (Å²) in [5.74, 6) is -1.00. The van der Waals surface area contributed by atoms with Gasteiger partial charge in [0, 0.05) is 38.1 Å². The second kappa shape index (κ2) is 11.2. The van der Waals surface area contributed by atoms with Crippen LogP contribution in [0.4, 0.5) is 9.59 Å². The van der Waals surface area contributed by atoms with E-state index in [4.69, 9.17) is 9.47 Å². The van der Waals surface area contributed by atoms with Crippen LogP contribution < -0.4 is 5.32 Å². The summed E-state index contributed by atoms with van der Waals surface area (Å²) in [6, 6.07) is 16.0. The van der Waals surface area contributed by atoms with Crippen LogP contribution in [0.15, 0.2) is 48.5 Å². The van der Waals surface area contributed by atoms with Gasteiger partial charge in [0.2, 0.25) is 0 Å². The topological polar surface area (TPSA) is 108 Å². The number of hydrogen-bond acceptors (Lipinski definition) is 6. The Labute approximate surface area is 217 Å². The molecule has 0 bridgehead atoms. The van der Waals surface area contributed by atoms with Gasteiger partial charge >= 0.3 is 18.2 Å². The number of rotatable bonds is 6. The predicted octanol–water partition coefficient (Wildman–Crippen LogP) is 3.92. The van der Waals surface area contributed by atoms with Gasteiger partial charge in [-0.25, -0.2) is 9.59 Å². The lowest BCUT2D eigenvalue weighted by Gasteiger charge is -2.28. The zero-order valence-electron chi connectivity index (χ0n) is 21.6. The Hall–Kier alpha value is -3.59. The molecule has 2 amide bonds. The second-order valence-corrected chi connectivity index (χ2v) is 10.5. The van der Waals surface area contributed by atoms with Crippen molar-refractivity contribution in [2.75, 3.05) is 39.3 Å². The zero-order valence-corrected chi connectivity index (χ0v) is 21.6. The first-order valence-electron chi connectivity index (χ1n) is 12.6. The van der Waals surface area contributed by atoms with Gasteiger partial charge in [0.15, 0.2) is 0 Å². The lowest BCUT2D eigenvalue weighted by molar-refractivity contribution is -0.138. The van der Waals surface area contributed by atoms with E-state index in [0.717, 1.165) is 22.3 Å². The molecule has 1 saturated heterocycles. The van der Waals surface area contributed by atoms with Crippen LogP contribution in [0.2, 0.25) is 0 Å². The van der Waals surface area contributed by atoms with Crippen LogP contribution in [-0.4, -0.2) is 84.0 Å². The highest BCUT2D eigenvalue weighted by Gasteiger charge is 2.31. The van der Waals surface area contributed by atoms with Gasteiger partial charge in [0.1, 0.15) is 12.2 Å². The molecule has 0 spiro atoms. The van der Waals surface area contributed by atoms with Gasteiger partial charge in [-0.05, 0) is 49.4 Å². The minimum atomic E-state index is -0.961. The molecule has 0 saturated carbocycles. The molecule has 1 unspecified atom stereocenters. The lowest BCUT2D eigenvalue weighted by atomic mass is 9.98. The maximum absolute atomic E-state index is 12.7. The number of carbonyl (C=O) groups excluding carboxylic acids is 2. The Morgan fingerprint density at radius 1 is 0.973 bits per heavy atom. The van der Waals surface area contributed by atoms with E-state index in [1.165, 1.54) is 0 Å². The summed E-state index contributed by atoms with van der Waals surface area (Å²) in [5.41, 5.74) is 3.97. The molecular formula is C28H35N3O6. The van der Waals surface area contributed by atoms with E-state index in [2.05, 4.69) is 29.6 Å². The van der Waals surface area contributed by atoms with E-state index < -0.39 is 23.8 Å². The van der Waals surface area contributed by atoms with Crippen molar-refractivity contribution in [3.05, 3.63) is 59.7 Å². The molecule has 1 heterocycles. The summed E-state index contributed by atoms with van der Waals surface area (Å²) >= 11 is 0. The fourth-order valence-electron chi connectivity index (χ4n) is 5.00. The van der Waals surface area contributed by atoms with Gasteiger partial charge in [-0.15, -0.1) is 0 Å². The molecule has 2 aromatic carbocycles. The van der Waals surface area contributed by atoms with E-state index >= 15 is 0 Å². The number of carboxylic acids is 1. The number of amides is 2. The van der Waals surface area contributed by atoms with Crippen LogP contribution in [0.1, 0.15) is 44.2 Å². The first kappa shape index (κ1) is 26.5. The molecule has 37 heavy (non-hydrogen) atoms. The van der Waals surface area contributed by atoms with E-state index in [0.29, 0.717) is 26.1 Å². The zero-order chi connectivity index (χ0) is 26.6. The smallest absolute Gasteiger partial charge is 0.410 e. The number of carbonyl (C=O) groups is 3. The molecule has 4 rings (SSSR count). The highest BCUT2D eigenvalue weighted by Crippen LogP contribution is 2.44. The van der Waals surface area contributed by atoms with Crippen molar-refractivity contribution in [2.45, 2.75) is 44.8 Å². The van der Waals surface area contributed by atoms with Crippen molar-refractivity contribution in [3.63, 3.8) is 0 Å². The summed E-state index contributed by atoms with van der Waals surface area (Å²) in [7, 11) is 0. The number of hydrogen-bond donors (Lipinski definition) is 2. The summed E-state index contributed by atoms with van der Waals surface area (Å²) in [5, 5.41) is 12.2. The molecule has 198 valence electrons. The molecular weight excluding hydrogens is 474 g/mol. The van der Waals surface area contributed by atoms with Crippen LogP contribution >= 0.6 is 0 Å². The summed E-state index contributed by atoms with van der Waals surface area (Å²) in [6.45, 7) is 6.77. The van der Waals surface area contributed by atoms with Crippen LogP contribution in [0.3, 0.4) is 0 Å². The molecule has 1 fully saturated rings. The number of carboxylic acid groups (broad SMARTS) is 1. The van der Waals surface area contributed by atoms with Gasteiger partial charge in [-0.3, -0.25) is 9.69 Å². The second-order valence-electron chi connectivity index (χ2n) is 10.5. The Morgan fingerprint density at radius 3 is 2.19 bits per heavy atom. The van der Waals surface area contributed by atoms with Gasteiger partial charge in [-0.2, -0.15) is 0 Å². The van der Waals surface area contributed by atoms with Crippen molar-refractivity contribution in [1.29, 1.82) is 0 Å². The summed E-state index contributed by atoms with van der Waals surface area (Å²) < 4.78 is 11.1. The van der Waals surface area contributed by atoms with Crippen LogP contribution in [0.25, 0.3) is 11.1 Å². The molecule has 1 aliphatic carbocycles. The number of nitrogens with zero attached hydrogens (tertiary/aromatic N) is 2. The third-order valence-corrected chi connectivity index (χ3v) is 6.72. The molecule has 2 aromatic rings. The van der Waals surface area contributed by atoms with Crippen molar-refractivity contribution in [2.24, 2.45) is 0 Å². The summed E-state index contributed by atoms with van der Waals surface area (Å²) in [6.07, 6.45) is -0.478. The van der Waals surface area contributed by atoms with Gasteiger partial charge in [0.05, 0.1) is 6.54 Å². The fourth-order valence-corrected chi connectivity index (χ4v) is 5.00. The SMILES string of the molecule is CC(C)(C)OC(=O)N1CCC(CNC(=O)OCC2c3ccccc3-c3ccccc32)N(CC(=O)O)CC1. The number of alkyl carbamates (subject to hydrolysis) is 1. The van der Waals surface area contributed by atoms with E-state index in [1.54, 1.807) is 30.6 Å². The van der Waals surface area contributed by atoms with Gasteiger partial charge < -0.3 is 24.8 Å². The first-order chi connectivity index (χ1) is 17.6. The van der Waals surface area contributed by atoms with Crippen molar-refractivity contribution < 1.29 is 29.0 Å². The molecule has 0 aromatic heterocycles. The summed E-state index contributed by atoms with van der Waals surface area (Å²) in [4.78, 5) is 40.0. The molecule has 2 N–H and O–H groups in total. The molecule has 2 aliphatic rings. The standard InChI is InChI=1S/C28H35N3O6/c1-28(2,3)37-27(35)30-13-12-19(31(15-14-30)17-25(32)33)16-29-26(34)36-18-24-22-10-6-4-8-20(22)21-9-5-7-11-23(21)24/h4-11,19,24H,12-18H2,1-3H3,(H,29,34)(H,32,33). The van der Waals surface area contributed by atoms with E-state index in [-0.39, 0.29) is 31.7 Å². The van der Waals surface area contributed by atoms with E-state index in [9.17, 15) is 19.5 Å². The maximum Gasteiger partial charge on any atom is 0.410 e. The van der Waals surface area contributed by atoms with Gasteiger partial charge in [0.25, 0.3) is 0 Å². The first-order valence-corrected chi connectivity index (χ1v) is 12.6. The third-order valence-electron chi connectivity index (χ3n) is 6.72. The Balaban J connectivity index is 1.35. The Kier molecular flexibility index (Phi) is 8.02. The number of ether oxygens (including phenoxy) is 2. The molecule has 9 nitrogen and oxygen atoms in total. The monoisotopic (exact) mass is 509 g/mol. The molecule has 0 radical (unpaired) electrons. The van der Waals surface area contributed by atoms with Crippen LogP contribution in [0, 0.1) is 0 Å². The van der Waals surface area contributed by atoms with Crippen molar-refractivity contribution in [1.82, 2.24) is 15.1 Å². The third kappa shape index (κ3) is 6.60. The van der Waals surface area contributed by atoms with Crippen molar-refractivity contribution >= 4 is 18.2 Å². The lowest BCUT2D eigenvalue weighted by Crippen LogP contribution is -2.46. The number of nitrogens with one attached hydrogen (secondary N) is 1. The predicted molar refractivity (Wildman–Crippen MR) is 138 cm³/mol. The quantitative estimate of drug-likeness (QED) is 0.608. The minimum Gasteiger partial charge on any atom is -0.480 e. The largest absolute Gasteiger partial charge is 0.480 e. The number of aliphatic carboxylic acids is 1. The Morgan fingerprint density at radius 2 is 1.59 bits per heavy atom. The average molecular weight is 510 g/mol. The number of fused-ring (bicyclic) bond motifs is 3. The normalized spacial score (nSPS) is 17.9. The number of benzene rings is 2. The average Bonchev–Trinajstić information content (AvgIpc) is 3.01. The molecule has 1 atom stereocenters. The Bertz CT molecular complexity index is 1100. The van der Waals surface area contributed by atoms with Gasteiger partial charge in [-0.1, -0.05) is 48.5 Å². The van der Waals surface area contributed by atoms with Crippen LogP contribution in [0.5, 0.6) is 0 Å². The van der Waals surface area contributed by atoms with Crippen LogP contribution in [-0.2, 0) is 14.3 Å². The highest BCUT2D eigenvalue weighted by atomic mass is 16.6. The minimum absolute atomic E-state index is 0.0399. The fraction of sp³-hybridized carbons (Fsp3) is 0.464. The molecule has 9 heteroatoms.